The summed E-state index contributed by atoms with van der Waals surface area (Å²) < 4.78 is 5.57. The molecule has 188 valence electrons. The van der Waals surface area contributed by atoms with Crippen molar-refractivity contribution in [2.45, 2.75) is 39.7 Å². The second-order valence-electron chi connectivity index (χ2n) is 9.86. The number of anilines is 1. The van der Waals surface area contributed by atoms with Crippen LogP contribution in [-0.4, -0.2) is 28.9 Å². The van der Waals surface area contributed by atoms with Crippen molar-refractivity contribution < 1.29 is 19.4 Å². The number of aliphatic hydroxyl groups is 1. The summed E-state index contributed by atoms with van der Waals surface area (Å²) in [6.45, 7) is 7.91. The van der Waals surface area contributed by atoms with Gasteiger partial charge in [-0.15, -0.1) is 0 Å². The molecule has 1 fully saturated rings. The third kappa shape index (κ3) is 3.99. The first-order valence-corrected chi connectivity index (χ1v) is 12.4. The molecule has 37 heavy (non-hydrogen) atoms. The number of aryl methyl sites for hydroxylation is 2. The zero-order chi connectivity index (χ0) is 26.4. The topological polar surface area (TPSA) is 82.6 Å². The fourth-order valence-corrected chi connectivity index (χ4v) is 5.15. The summed E-state index contributed by atoms with van der Waals surface area (Å²) in [6.07, 6.45) is 1.82. The Hall–Kier alpha value is -4.32. The number of carbonyl (C=O) groups excluding carboxylic acids is 2. The number of ketones is 1. The molecule has 1 aromatic heterocycles. The predicted molar refractivity (Wildman–Crippen MR) is 146 cm³/mol. The van der Waals surface area contributed by atoms with Gasteiger partial charge in [-0.1, -0.05) is 49.7 Å². The highest BCUT2D eigenvalue weighted by Crippen LogP contribution is 2.45. The number of nitrogens with one attached hydrogen (secondary N) is 1. The van der Waals surface area contributed by atoms with Gasteiger partial charge in [0, 0.05) is 33.9 Å². The molecule has 4 aromatic rings. The third-order valence-electron chi connectivity index (χ3n) is 7.13. The Morgan fingerprint density at radius 3 is 2.41 bits per heavy atom. The highest BCUT2D eigenvalue weighted by atomic mass is 16.5. The van der Waals surface area contributed by atoms with Crippen LogP contribution in [0.25, 0.3) is 16.7 Å². The van der Waals surface area contributed by atoms with E-state index in [-0.39, 0.29) is 17.3 Å². The molecule has 1 aliphatic rings. The zero-order valence-corrected chi connectivity index (χ0v) is 21.6. The molecule has 1 saturated heterocycles. The van der Waals surface area contributed by atoms with Gasteiger partial charge in [0.25, 0.3) is 11.7 Å². The summed E-state index contributed by atoms with van der Waals surface area (Å²) in [7, 11) is 1.62. The fourth-order valence-electron chi connectivity index (χ4n) is 5.15. The molecule has 6 heteroatoms. The second-order valence-corrected chi connectivity index (χ2v) is 9.86. The molecular weight excluding hydrogens is 464 g/mol. The number of Topliss-reactive ketones (excluding diaryl/α,β-unsaturated/α-hetero) is 1. The average Bonchev–Trinajstić information content (AvgIpc) is 3.42. The maximum atomic E-state index is 13.6. The van der Waals surface area contributed by atoms with Gasteiger partial charge in [0.1, 0.15) is 11.5 Å². The van der Waals surface area contributed by atoms with E-state index < -0.39 is 17.7 Å². The van der Waals surface area contributed by atoms with Crippen molar-refractivity contribution >= 4 is 34.0 Å². The lowest BCUT2D eigenvalue weighted by molar-refractivity contribution is -0.132. The highest BCUT2D eigenvalue weighted by Gasteiger charge is 2.47. The summed E-state index contributed by atoms with van der Waals surface area (Å²) in [6, 6.07) is 18.1. The molecule has 6 nitrogen and oxygen atoms in total. The molecule has 1 unspecified atom stereocenters. The molecule has 0 saturated carbocycles. The standard InChI is InChI=1S/C31H30N2O4/c1-17(2)22-15-23(19(4)14-26(22)37-5)29(34)27-28(24-16-32-25-9-7-6-8-21(24)25)33(31(36)30(27)35)20-12-10-18(3)11-13-20/h6-17,28,32,34H,1-5H3/b29-27+. The average molecular weight is 495 g/mol. The molecule has 0 aliphatic carbocycles. The number of hydrogen-bond donors (Lipinski definition) is 2. The number of aromatic amines is 1. The monoisotopic (exact) mass is 494 g/mol. The summed E-state index contributed by atoms with van der Waals surface area (Å²) in [5.41, 5.74) is 5.50. The van der Waals surface area contributed by atoms with Crippen LogP contribution in [0.2, 0.25) is 0 Å². The van der Waals surface area contributed by atoms with Crippen LogP contribution in [-0.2, 0) is 9.59 Å². The summed E-state index contributed by atoms with van der Waals surface area (Å²) >= 11 is 0. The molecule has 0 radical (unpaired) electrons. The zero-order valence-electron chi connectivity index (χ0n) is 21.6. The van der Waals surface area contributed by atoms with Crippen molar-refractivity contribution in [2.24, 2.45) is 0 Å². The Labute approximate surface area is 216 Å². The van der Waals surface area contributed by atoms with E-state index in [2.05, 4.69) is 4.98 Å². The van der Waals surface area contributed by atoms with Gasteiger partial charge in [0.15, 0.2) is 0 Å². The van der Waals surface area contributed by atoms with Crippen molar-refractivity contribution in [2.75, 3.05) is 12.0 Å². The van der Waals surface area contributed by atoms with E-state index in [0.717, 1.165) is 38.9 Å². The number of para-hydroxylation sites is 1. The van der Waals surface area contributed by atoms with Gasteiger partial charge in [-0.25, -0.2) is 0 Å². The van der Waals surface area contributed by atoms with Crippen molar-refractivity contribution in [3.05, 3.63) is 100 Å². The van der Waals surface area contributed by atoms with Crippen LogP contribution in [0.1, 0.15) is 53.6 Å². The fraction of sp³-hybridized carbons (Fsp3) is 0.226. The van der Waals surface area contributed by atoms with Gasteiger partial charge in [-0.05, 0) is 61.2 Å². The predicted octanol–water partition coefficient (Wildman–Crippen LogP) is 6.54. The Morgan fingerprint density at radius 2 is 1.73 bits per heavy atom. The smallest absolute Gasteiger partial charge is 0.300 e. The van der Waals surface area contributed by atoms with Crippen LogP contribution >= 0.6 is 0 Å². The Morgan fingerprint density at radius 1 is 1.03 bits per heavy atom. The van der Waals surface area contributed by atoms with E-state index in [4.69, 9.17) is 4.74 Å². The molecule has 2 N–H and O–H groups in total. The van der Waals surface area contributed by atoms with Crippen LogP contribution < -0.4 is 9.64 Å². The molecule has 3 aromatic carbocycles. The first kappa shape index (κ1) is 24.4. The van der Waals surface area contributed by atoms with Gasteiger partial charge in [0.2, 0.25) is 0 Å². The number of aromatic nitrogens is 1. The lowest BCUT2D eigenvalue weighted by Gasteiger charge is -2.25. The SMILES string of the molecule is COc1cc(C)c(/C(O)=C2\C(=O)C(=O)N(c3ccc(C)cc3)C2c2c[nH]c3ccccc23)cc1C(C)C. The van der Waals surface area contributed by atoms with Crippen LogP contribution in [0.4, 0.5) is 5.69 Å². The van der Waals surface area contributed by atoms with Crippen LogP contribution in [0.5, 0.6) is 5.75 Å². The van der Waals surface area contributed by atoms with Gasteiger partial charge >= 0.3 is 0 Å². The van der Waals surface area contributed by atoms with E-state index in [9.17, 15) is 14.7 Å². The summed E-state index contributed by atoms with van der Waals surface area (Å²) in [4.78, 5) is 31.9. The summed E-state index contributed by atoms with van der Waals surface area (Å²) in [5.74, 6) is -0.727. The molecule has 2 heterocycles. The number of ether oxygens (including phenoxy) is 1. The molecule has 0 bridgehead atoms. The molecular formula is C31H30N2O4. The minimum atomic E-state index is -0.803. The number of aliphatic hydroxyl groups excluding tert-OH is 1. The number of H-pyrrole nitrogens is 1. The van der Waals surface area contributed by atoms with Crippen molar-refractivity contribution in [1.82, 2.24) is 4.98 Å². The largest absolute Gasteiger partial charge is 0.507 e. The first-order valence-electron chi connectivity index (χ1n) is 12.4. The number of fused-ring (bicyclic) bond motifs is 1. The number of hydrogen-bond acceptors (Lipinski definition) is 4. The quantitative estimate of drug-likeness (QED) is 0.187. The Bertz CT molecular complexity index is 1560. The normalized spacial score (nSPS) is 17.2. The number of amides is 1. The van der Waals surface area contributed by atoms with Crippen molar-refractivity contribution in [3.63, 3.8) is 0 Å². The van der Waals surface area contributed by atoms with Crippen LogP contribution in [0, 0.1) is 13.8 Å². The third-order valence-corrected chi connectivity index (χ3v) is 7.13. The summed E-state index contributed by atoms with van der Waals surface area (Å²) in [5, 5.41) is 12.6. The van der Waals surface area contributed by atoms with Crippen molar-refractivity contribution in [1.29, 1.82) is 0 Å². The number of nitrogens with zero attached hydrogens (tertiary/aromatic N) is 1. The molecule has 1 amide bonds. The molecule has 5 rings (SSSR count). The van der Waals surface area contributed by atoms with Crippen LogP contribution in [0.15, 0.2) is 72.4 Å². The molecule has 1 aliphatic heterocycles. The second kappa shape index (κ2) is 9.28. The minimum absolute atomic E-state index is 0.0679. The van der Waals surface area contributed by atoms with Crippen molar-refractivity contribution in [3.8, 4) is 5.75 Å². The Kier molecular flexibility index (Phi) is 6.12. The Balaban J connectivity index is 1.79. The maximum absolute atomic E-state index is 13.6. The number of methoxy groups -OCH3 is 1. The first-order chi connectivity index (χ1) is 17.7. The number of rotatable bonds is 5. The van der Waals surface area contributed by atoms with E-state index in [0.29, 0.717) is 11.3 Å². The highest BCUT2D eigenvalue weighted by molar-refractivity contribution is 6.52. The lowest BCUT2D eigenvalue weighted by Crippen LogP contribution is -2.29. The number of benzene rings is 3. The molecule has 0 spiro atoms. The minimum Gasteiger partial charge on any atom is -0.507 e. The van der Waals surface area contributed by atoms with Gasteiger partial charge < -0.3 is 14.8 Å². The van der Waals surface area contributed by atoms with E-state index in [1.54, 1.807) is 7.11 Å². The van der Waals surface area contributed by atoms with E-state index in [1.165, 1.54) is 4.90 Å². The lowest BCUT2D eigenvalue weighted by atomic mass is 9.91. The van der Waals surface area contributed by atoms with Gasteiger partial charge in [-0.2, -0.15) is 0 Å². The van der Waals surface area contributed by atoms with Crippen LogP contribution in [0.3, 0.4) is 0 Å². The van der Waals surface area contributed by atoms with E-state index >= 15 is 0 Å². The number of carbonyl (C=O) groups is 2. The van der Waals surface area contributed by atoms with Gasteiger partial charge in [0.05, 0.1) is 18.7 Å². The van der Waals surface area contributed by atoms with Gasteiger partial charge in [-0.3, -0.25) is 14.5 Å². The maximum Gasteiger partial charge on any atom is 0.300 e. The van der Waals surface area contributed by atoms with E-state index in [1.807, 2.05) is 94.6 Å². The molecule has 1 atom stereocenters.